The van der Waals surface area contributed by atoms with Gasteiger partial charge in [0, 0.05) is 11.4 Å². The highest BCUT2D eigenvalue weighted by Crippen LogP contribution is 2.30. The number of hydrogen-bond donors (Lipinski definition) is 2. The summed E-state index contributed by atoms with van der Waals surface area (Å²) in [7, 11) is 1.53. The predicted molar refractivity (Wildman–Crippen MR) is 71.8 cm³/mol. The molecule has 1 aliphatic carbocycles. The average Bonchev–Trinajstić information content (AvgIpc) is 2.88. The zero-order valence-electron chi connectivity index (χ0n) is 10.8. The zero-order valence-corrected chi connectivity index (χ0v) is 11.6. The van der Waals surface area contributed by atoms with Crippen LogP contribution in [0.4, 0.5) is 0 Å². The minimum atomic E-state index is -1.10. The van der Waals surface area contributed by atoms with Crippen LogP contribution >= 0.6 is 11.3 Å². The van der Waals surface area contributed by atoms with E-state index in [2.05, 4.69) is 5.32 Å². The lowest BCUT2D eigenvalue weighted by molar-refractivity contribution is -0.145. The standard InChI is InChI=1S/C13H17NO4S/c1-18-9-7-10(19-8-9)11(15)14-13(12(16)17)5-3-2-4-6-13/h7-8H,2-6H2,1H3,(H,14,15)(H,16,17). The van der Waals surface area contributed by atoms with Gasteiger partial charge in [-0.05, 0) is 12.8 Å². The Labute approximate surface area is 115 Å². The summed E-state index contributed by atoms with van der Waals surface area (Å²) in [6.07, 6.45) is 3.69. The number of rotatable bonds is 4. The van der Waals surface area contributed by atoms with Gasteiger partial charge in [-0.25, -0.2) is 4.79 Å². The number of methoxy groups -OCH3 is 1. The van der Waals surface area contributed by atoms with Crippen molar-refractivity contribution < 1.29 is 19.4 Å². The maximum Gasteiger partial charge on any atom is 0.329 e. The Morgan fingerprint density at radius 3 is 2.58 bits per heavy atom. The molecule has 0 spiro atoms. The summed E-state index contributed by atoms with van der Waals surface area (Å²) in [5.41, 5.74) is -1.10. The maximum absolute atomic E-state index is 12.1. The number of ether oxygens (including phenoxy) is 1. The Bertz CT molecular complexity index is 477. The van der Waals surface area contributed by atoms with Crippen molar-refractivity contribution in [3.05, 3.63) is 16.3 Å². The highest BCUT2D eigenvalue weighted by Gasteiger charge is 2.41. The van der Waals surface area contributed by atoms with Gasteiger partial charge in [-0.15, -0.1) is 11.3 Å². The molecule has 6 heteroatoms. The molecule has 19 heavy (non-hydrogen) atoms. The van der Waals surface area contributed by atoms with Crippen molar-refractivity contribution in [1.82, 2.24) is 5.32 Å². The van der Waals surface area contributed by atoms with Gasteiger partial charge in [-0.1, -0.05) is 19.3 Å². The molecule has 1 fully saturated rings. The molecule has 0 bridgehead atoms. The van der Waals surface area contributed by atoms with Gasteiger partial charge in [0.25, 0.3) is 5.91 Å². The number of nitrogens with one attached hydrogen (secondary N) is 1. The van der Waals surface area contributed by atoms with Gasteiger partial charge in [0.2, 0.25) is 0 Å². The number of carboxylic acids is 1. The van der Waals surface area contributed by atoms with Crippen LogP contribution in [0.1, 0.15) is 41.8 Å². The van der Waals surface area contributed by atoms with E-state index in [4.69, 9.17) is 4.74 Å². The lowest BCUT2D eigenvalue weighted by atomic mass is 9.81. The second-order valence-corrected chi connectivity index (χ2v) is 5.66. The second-order valence-electron chi connectivity index (χ2n) is 4.75. The SMILES string of the molecule is COc1csc(C(=O)NC2(C(=O)O)CCCCC2)c1. The largest absolute Gasteiger partial charge is 0.496 e. The number of amides is 1. The molecule has 0 unspecified atom stereocenters. The molecule has 0 aromatic carbocycles. The van der Waals surface area contributed by atoms with E-state index < -0.39 is 11.5 Å². The number of thiophene rings is 1. The summed E-state index contributed by atoms with van der Waals surface area (Å²) in [6.45, 7) is 0. The van der Waals surface area contributed by atoms with Crippen LogP contribution in [0, 0.1) is 0 Å². The number of carbonyl (C=O) groups is 2. The van der Waals surface area contributed by atoms with Crippen molar-refractivity contribution >= 4 is 23.2 Å². The molecule has 2 N–H and O–H groups in total. The van der Waals surface area contributed by atoms with Gasteiger partial charge in [0.05, 0.1) is 12.0 Å². The minimum Gasteiger partial charge on any atom is -0.496 e. The lowest BCUT2D eigenvalue weighted by Gasteiger charge is -2.33. The molecule has 1 aromatic heterocycles. The Balaban J connectivity index is 2.12. The normalized spacial score (nSPS) is 17.7. The molecule has 1 heterocycles. The van der Waals surface area contributed by atoms with Crippen LogP contribution in [0.2, 0.25) is 0 Å². The quantitative estimate of drug-likeness (QED) is 0.889. The summed E-state index contributed by atoms with van der Waals surface area (Å²) in [4.78, 5) is 24.1. The molecule has 1 aliphatic rings. The van der Waals surface area contributed by atoms with Crippen LogP contribution in [0.5, 0.6) is 5.75 Å². The van der Waals surface area contributed by atoms with Crippen molar-refractivity contribution in [3.8, 4) is 5.75 Å². The minimum absolute atomic E-state index is 0.336. The van der Waals surface area contributed by atoms with E-state index in [0.717, 1.165) is 19.3 Å². The van der Waals surface area contributed by atoms with Gasteiger partial charge in [-0.2, -0.15) is 0 Å². The van der Waals surface area contributed by atoms with Crippen LogP contribution in [0.3, 0.4) is 0 Å². The Morgan fingerprint density at radius 2 is 2.05 bits per heavy atom. The molecule has 2 rings (SSSR count). The Hall–Kier alpha value is -1.56. The molecule has 0 radical (unpaired) electrons. The first-order valence-electron chi connectivity index (χ1n) is 6.26. The van der Waals surface area contributed by atoms with Crippen LogP contribution in [0.15, 0.2) is 11.4 Å². The average molecular weight is 283 g/mol. The number of aliphatic carboxylic acids is 1. The fourth-order valence-corrected chi connectivity index (χ4v) is 3.12. The number of carboxylic acid groups (broad SMARTS) is 1. The van der Waals surface area contributed by atoms with E-state index in [1.165, 1.54) is 18.4 Å². The molecule has 5 nitrogen and oxygen atoms in total. The fourth-order valence-electron chi connectivity index (χ4n) is 2.37. The second kappa shape index (κ2) is 5.61. The van der Waals surface area contributed by atoms with Crippen molar-refractivity contribution in [3.63, 3.8) is 0 Å². The summed E-state index contributed by atoms with van der Waals surface area (Å²) < 4.78 is 5.02. The van der Waals surface area contributed by atoms with Crippen LogP contribution in [-0.2, 0) is 4.79 Å². The lowest BCUT2D eigenvalue weighted by Crippen LogP contribution is -2.55. The molecule has 1 amide bonds. The van der Waals surface area contributed by atoms with Gasteiger partial charge in [-0.3, -0.25) is 4.79 Å². The van der Waals surface area contributed by atoms with Crippen molar-refractivity contribution in [2.75, 3.05) is 7.11 Å². The van der Waals surface area contributed by atoms with E-state index in [1.54, 1.807) is 11.4 Å². The Kier molecular flexibility index (Phi) is 4.09. The van der Waals surface area contributed by atoms with Gasteiger partial charge >= 0.3 is 5.97 Å². The van der Waals surface area contributed by atoms with Crippen LogP contribution < -0.4 is 10.1 Å². The van der Waals surface area contributed by atoms with Gasteiger partial charge in [0.15, 0.2) is 0 Å². The summed E-state index contributed by atoms with van der Waals surface area (Å²) in [6, 6.07) is 1.62. The van der Waals surface area contributed by atoms with Crippen LogP contribution in [-0.4, -0.2) is 29.6 Å². The van der Waals surface area contributed by atoms with Crippen LogP contribution in [0.25, 0.3) is 0 Å². The van der Waals surface area contributed by atoms with Crippen molar-refractivity contribution in [2.24, 2.45) is 0 Å². The topological polar surface area (TPSA) is 75.6 Å². The third-order valence-corrected chi connectivity index (χ3v) is 4.41. The first kappa shape index (κ1) is 13.9. The molecule has 104 valence electrons. The molecule has 1 aromatic rings. The van der Waals surface area contributed by atoms with E-state index in [-0.39, 0.29) is 5.91 Å². The molecule has 0 aliphatic heterocycles. The predicted octanol–water partition coefficient (Wildman–Crippen LogP) is 2.27. The van der Waals surface area contributed by atoms with Crippen molar-refractivity contribution in [2.45, 2.75) is 37.6 Å². The monoisotopic (exact) mass is 283 g/mol. The summed E-state index contributed by atoms with van der Waals surface area (Å²) >= 11 is 1.25. The molecular formula is C13H17NO4S. The van der Waals surface area contributed by atoms with Gasteiger partial charge in [0.1, 0.15) is 11.3 Å². The van der Waals surface area contributed by atoms with E-state index in [9.17, 15) is 14.7 Å². The van der Waals surface area contributed by atoms with E-state index in [0.29, 0.717) is 23.5 Å². The highest BCUT2D eigenvalue weighted by atomic mass is 32.1. The highest BCUT2D eigenvalue weighted by molar-refractivity contribution is 7.12. The number of carbonyl (C=O) groups excluding carboxylic acids is 1. The molecular weight excluding hydrogens is 266 g/mol. The third kappa shape index (κ3) is 2.89. The van der Waals surface area contributed by atoms with Gasteiger partial charge < -0.3 is 15.2 Å². The first-order chi connectivity index (χ1) is 9.07. The van der Waals surface area contributed by atoms with E-state index >= 15 is 0 Å². The zero-order chi connectivity index (χ0) is 13.9. The molecule has 0 atom stereocenters. The first-order valence-corrected chi connectivity index (χ1v) is 7.14. The molecule has 0 saturated heterocycles. The summed E-state index contributed by atoms with van der Waals surface area (Å²) in [5.74, 6) is -0.662. The third-order valence-electron chi connectivity index (χ3n) is 3.50. The number of hydrogen-bond acceptors (Lipinski definition) is 4. The maximum atomic E-state index is 12.1. The molecule has 1 saturated carbocycles. The fraction of sp³-hybridized carbons (Fsp3) is 0.538. The van der Waals surface area contributed by atoms with Crippen molar-refractivity contribution in [1.29, 1.82) is 0 Å². The Morgan fingerprint density at radius 1 is 1.37 bits per heavy atom. The smallest absolute Gasteiger partial charge is 0.329 e. The summed E-state index contributed by atoms with van der Waals surface area (Å²) in [5, 5.41) is 13.8. The van der Waals surface area contributed by atoms with E-state index in [1.807, 2.05) is 0 Å².